The lowest BCUT2D eigenvalue weighted by molar-refractivity contribution is -0.119. The Balaban J connectivity index is 2.38. The minimum atomic E-state index is -0.280. The minimum absolute atomic E-state index is 0.0381. The van der Waals surface area contributed by atoms with Gasteiger partial charge in [0.05, 0.1) is 0 Å². The molecule has 0 saturated heterocycles. The summed E-state index contributed by atoms with van der Waals surface area (Å²) >= 11 is 0. The maximum Gasteiger partial charge on any atom is 0.250 e. The third-order valence-electron chi connectivity index (χ3n) is 2.48. The van der Waals surface area contributed by atoms with Crippen molar-refractivity contribution in [2.45, 2.75) is 26.3 Å². The zero-order chi connectivity index (χ0) is 10.8. The van der Waals surface area contributed by atoms with Gasteiger partial charge in [0.1, 0.15) is 11.9 Å². The number of rotatable bonds is 2. The van der Waals surface area contributed by atoms with Crippen molar-refractivity contribution >= 4 is 11.7 Å². The normalized spacial score (nSPS) is 20.0. The molecule has 0 radical (unpaired) electrons. The van der Waals surface area contributed by atoms with Gasteiger partial charge in [0.2, 0.25) is 5.91 Å². The SMILES string of the molecule is CCc1cnccc1C1=NC(C)C(=O)N1. The van der Waals surface area contributed by atoms with Gasteiger partial charge in [0, 0.05) is 18.0 Å². The molecule has 15 heavy (non-hydrogen) atoms. The molecular formula is C11H13N3O. The summed E-state index contributed by atoms with van der Waals surface area (Å²) in [6.07, 6.45) is 4.41. The fourth-order valence-corrected chi connectivity index (χ4v) is 1.58. The number of nitrogens with one attached hydrogen (secondary N) is 1. The Morgan fingerprint density at radius 3 is 2.93 bits per heavy atom. The van der Waals surface area contributed by atoms with Gasteiger partial charge >= 0.3 is 0 Å². The molecule has 0 aliphatic carbocycles. The number of amides is 1. The van der Waals surface area contributed by atoms with E-state index in [4.69, 9.17) is 0 Å². The van der Waals surface area contributed by atoms with Crippen LogP contribution in [0, 0.1) is 0 Å². The summed E-state index contributed by atoms with van der Waals surface area (Å²) in [4.78, 5) is 19.7. The monoisotopic (exact) mass is 203 g/mol. The van der Waals surface area contributed by atoms with Gasteiger partial charge in [-0.3, -0.25) is 14.8 Å². The second-order valence-corrected chi connectivity index (χ2v) is 3.53. The molecule has 1 aliphatic heterocycles. The fraction of sp³-hybridized carbons (Fsp3) is 0.364. The van der Waals surface area contributed by atoms with E-state index in [-0.39, 0.29) is 11.9 Å². The first-order valence-electron chi connectivity index (χ1n) is 5.04. The highest BCUT2D eigenvalue weighted by Crippen LogP contribution is 2.12. The van der Waals surface area contributed by atoms with Crippen LogP contribution in [0.4, 0.5) is 0 Å². The molecule has 2 heterocycles. The first-order chi connectivity index (χ1) is 7.22. The van der Waals surface area contributed by atoms with Crippen molar-refractivity contribution in [1.29, 1.82) is 0 Å². The van der Waals surface area contributed by atoms with Crippen LogP contribution in [0.1, 0.15) is 25.0 Å². The third-order valence-corrected chi connectivity index (χ3v) is 2.48. The number of amidine groups is 1. The van der Waals surface area contributed by atoms with Gasteiger partial charge in [-0.05, 0) is 25.0 Å². The van der Waals surface area contributed by atoms with Crippen molar-refractivity contribution in [2.24, 2.45) is 4.99 Å². The zero-order valence-corrected chi connectivity index (χ0v) is 8.82. The molecule has 0 aromatic carbocycles. The average molecular weight is 203 g/mol. The Morgan fingerprint density at radius 1 is 1.53 bits per heavy atom. The number of aryl methyl sites for hydroxylation is 1. The van der Waals surface area contributed by atoms with E-state index < -0.39 is 0 Å². The summed E-state index contributed by atoms with van der Waals surface area (Å²) in [5.41, 5.74) is 2.08. The number of pyridine rings is 1. The highest BCUT2D eigenvalue weighted by atomic mass is 16.2. The van der Waals surface area contributed by atoms with E-state index in [1.807, 2.05) is 12.3 Å². The van der Waals surface area contributed by atoms with Crippen LogP contribution in [-0.2, 0) is 11.2 Å². The van der Waals surface area contributed by atoms with Gasteiger partial charge in [-0.1, -0.05) is 6.92 Å². The van der Waals surface area contributed by atoms with Crippen LogP contribution in [0.2, 0.25) is 0 Å². The Hall–Kier alpha value is -1.71. The Bertz CT molecular complexity index is 426. The molecule has 1 aromatic heterocycles. The van der Waals surface area contributed by atoms with Crippen molar-refractivity contribution in [3.8, 4) is 0 Å². The molecule has 78 valence electrons. The number of aliphatic imine (C=N–C) groups is 1. The Labute approximate surface area is 88.4 Å². The molecule has 1 aliphatic rings. The lowest BCUT2D eigenvalue weighted by atomic mass is 10.1. The van der Waals surface area contributed by atoms with Gasteiger partial charge in [0.25, 0.3) is 0 Å². The Morgan fingerprint density at radius 2 is 2.33 bits per heavy atom. The quantitative estimate of drug-likeness (QED) is 0.776. The van der Waals surface area contributed by atoms with Crippen molar-refractivity contribution < 1.29 is 4.79 Å². The van der Waals surface area contributed by atoms with Gasteiger partial charge in [-0.2, -0.15) is 0 Å². The highest BCUT2D eigenvalue weighted by molar-refractivity contribution is 6.14. The standard InChI is InChI=1S/C11H13N3O/c1-3-8-6-12-5-4-9(8)10-13-7(2)11(15)14-10/h4-7H,3H2,1-2H3,(H,13,14,15). The lowest BCUT2D eigenvalue weighted by Crippen LogP contribution is -2.28. The number of nitrogens with zero attached hydrogens (tertiary/aromatic N) is 2. The van der Waals surface area contributed by atoms with Gasteiger partial charge < -0.3 is 5.32 Å². The second kappa shape index (κ2) is 3.81. The van der Waals surface area contributed by atoms with Crippen LogP contribution in [0.5, 0.6) is 0 Å². The van der Waals surface area contributed by atoms with E-state index >= 15 is 0 Å². The predicted octanol–water partition coefficient (Wildman–Crippen LogP) is 0.909. The fourth-order valence-electron chi connectivity index (χ4n) is 1.58. The predicted molar refractivity (Wildman–Crippen MR) is 57.8 cm³/mol. The molecule has 1 aromatic rings. The second-order valence-electron chi connectivity index (χ2n) is 3.53. The first-order valence-corrected chi connectivity index (χ1v) is 5.04. The molecule has 0 saturated carbocycles. The highest BCUT2D eigenvalue weighted by Gasteiger charge is 2.23. The number of carbonyl (C=O) groups excluding carboxylic acids is 1. The summed E-state index contributed by atoms with van der Waals surface area (Å²) in [5, 5.41) is 2.78. The van der Waals surface area contributed by atoms with Gasteiger partial charge in [-0.25, -0.2) is 0 Å². The smallest absolute Gasteiger partial charge is 0.250 e. The van der Waals surface area contributed by atoms with Crippen LogP contribution in [0.25, 0.3) is 0 Å². The first kappa shape index (κ1) is 9.83. The van der Waals surface area contributed by atoms with Crippen molar-refractivity contribution in [2.75, 3.05) is 0 Å². The summed E-state index contributed by atoms with van der Waals surface area (Å²) < 4.78 is 0. The molecule has 1 unspecified atom stereocenters. The molecule has 0 spiro atoms. The summed E-state index contributed by atoms with van der Waals surface area (Å²) in [7, 11) is 0. The molecule has 1 atom stereocenters. The third kappa shape index (κ3) is 1.75. The van der Waals surface area contributed by atoms with E-state index in [0.29, 0.717) is 5.84 Å². The van der Waals surface area contributed by atoms with Gasteiger partial charge in [0.15, 0.2) is 0 Å². The van der Waals surface area contributed by atoms with Crippen LogP contribution in [-0.4, -0.2) is 22.8 Å². The zero-order valence-electron chi connectivity index (χ0n) is 8.82. The lowest BCUT2D eigenvalue weighted by Gasteiger charge is -2.05. The van der Waals surface area contributed by atoms with E-state index in [1.54, 1.807) is 13.1 Å². The van der Waals surface area contributed by atoms with Crippen molar-refractivity contribution in [3.63, 3.8) is 0 Å². The number of hydrogen-bond acceptors (Lipinski definition) is 3. The maximum absolute atomic E-state index is 11.3. The van der Waals surface area contributed by atoms with Crippen LogP contribution in [0.3, 0.4) is 0 Å². The molecule has 2 rings (SSSR count). The van der Waals surface area contributed by atoms with E-state index in [2.05, 4.69) is 22.2 Å². The number of aromatic nitrogens is 1. The number of hydrogen-bond donors (Lipinski definition) is 1. The average Bonchev–Trinajstić information content (AvgIpc) is 2.59. The summed E-state index contributed by atoms with van der Waals surface area (Å²) in [5.74, 6) is 0.635. The van der Waals surface area contributed by atoms with E-state index in [0.717, 1.165) is 17.5 Å². The summed E-state index contributed by atoms with van der Waals surface area (Å²) in [6, 6.07) is 1.61. The number of carbonyl (C=O) groups is 1. The van der Waals surface area contributed by atoms with E-state index in [1.165, 1.54) is 0 Å². The topological polar surface area (TPSA) is 54.4 Å². The molecule has 0 fully saturated rings. The molecule has 0 bridgehead atoms. The molecule has 1 amide bonds. The molecule has 4 nitrogen and oxygen atoms in total. The van der Waals surface area contributed by atoms with Crippen molar-refractivity contribution in [1.82, 2.24) is 10.3 Å². The summed E-state index contributed by atoms with van der Waals surface area (Å²) in [6.45, 7) is 3.84. The largest absolute Gasteiger partial charge is 0.309 e. The minimum Gasteiger partial charge on any atom is -0.309 e. The molecular weight excluding hydrogens is 190 g/mol. The van der Waals surface area contributed by atoms with Crippen LogP contribution < -0.4 is 5.32 Å². The van der Waals surface area contributed by atoms with Crippen LogP contribution >= 0.6 is 0 Å². The molecule has 4 heteroatoms. The Kier molecular flexibility index (Phi) is 2.49. The van der Waals surface area contributed by atoms with Gasteiger partial charge in [-0.15, -0.1) is 0 Å². The van der Waals surface area contributed by atoms with E-state index in [9.17, 15) is 4.79 Å². The van der Waals surface area contributed by atoms with Crippen molar-refractivity contribution in [3.05, 3.63) is 29.6 Å². The molecule has 1 N–H and O–H groups in total. The van der Waals surface area contributed by atoms with Crippen LogP contribution in [0.15, 0.2) is 23.5 Å². The maximum atomic E-state index is 11.3.